The molecule has 0 radical (unpaired) electrons. The average Bonchev–Trinajstić information content (AvgIpc) is 3.07. The number of hydrogen-bond donors (Lipinski definition) is 1. The Bertz CT molecular complexity index is 1320. The molecule has 7 heteroatoms. The van der Waals surface area contributed by atoms with Gasteiger partial charge in [-0.15, -0.1) is 0 Å². The van der Waals surface area contributed by atoms with Gasteiger partial charge in [0.1, 0.15) is 23.0 Å². The SMILES string of the molecule is Cc1oc2ccn(Cc3cccc(F)c3)c(=O)c2c1C(=O)N[C@H](C)c1ccc(F)cc1. The second-order valence-corrected chi connectivity index (χ2v) is 7.40. The summed E-state index contributed by atoms with van der Waals surface area (Å²) < 4.78 is 33.7. The topological polar surface area (TPSA) is 64.2 Å². The number of benzene rings is 2. The zero-order chi connectivity index (χ0) is 22.1. The Morgan fingerprint density at radius 3 is 2.55 bits per heavy atom. The van der Waals surface area contributed by atoms with E-state index in [0.717, 1.165) is 5.56 Å². The fourth-order valence-electron chi connectivity index (χ4n) is 3.60. The third kappa shape index (κ3) is 4.12. The summed E-state index contributed by atoms with van der Waals surface area (Å²) in [6, 6.07) is 13.0. The van der Waals surface area contributed by atoms with Crippen molar-refractivity contribution in [1.29, 1.82) is 0 Å². The number of carbonyl (C=O) groups is 1. The lowest BCUT2D eigenvalue weighted by Gasteiger charge is -2.14. The lowest BCUT2D eigenvalue weighted by Crippen LogP contribution is -2.29. The third-order valence-electron chi connectivity index (χ3n) is 5.18. The molecular weight excluding hydrogens is 402 g/mol. The maximum atomic E-state index is 13.5. The van der Waals surface area contributed by atoms with Crippen LogP contribution in [0.25, 0.3) is 11.0 Å². The number of pyridine rings is 1. The molecule has 4 aromatic rings. The summed E-state index contributed by atoms with van der Waals surface area (Å²) in [6.45, 7) is 3.54. The van der Waals surface area contributed by atoms with Crippen molar-refractivity contribution in [1.82, 2.24) is 9.88 Å². The van der Waals surface area contributed by atoms with Gasteiger partial charge < -0.3 is 14.3 Å². The molecule has 1 amide bonds. The van der Waals surface area contributed by atoms with Crippen LogP contribution in [-0.4, -0.2) is 10.5 Å². The molecule has 0 bridgehead atoms. The molecule has 0 fully saturated rings. The van der Waals surface area contributed by atoms with Crippen LogP contribution in [0.1, 0.15) is 40.2 Å². The molecule has 158 valence electrons. The van der Waals surface area contributed by atoms with Crippen LogP contribution in [0.5, 0.6) is 0 Å². The number of carbonyl (C=O) groups excluding carboxylic acids is 1. The van der Waals surface area contributed by atoms with E-state index in [0.29, 0.717) is 16.9 Å². The molecule has 1 N–H and O–H groups in total. The summed E-state index contributed by atoms with van der Waals surface area (Å²) in [4.78, 5) is 26.2. The first kappa shape index (κ1) is 20.5. The Morgan fingerprint density at radius 2 is 1.84 bits per heavy atom. The summed E-state index contributed by atoms with van der Waals surface area (Å²) >= 11 is 0. The number of halogens is 2. The fraction of sp³-hybridized carbons (Fsp3) is 0.167. The summed E-state index contributed by atoms with van der Waals surface area (Å²) in [7, 11) is 0. The second-order valence-electron chi connectivity index (χ2n) is 7.40. The van der Waals surface area contributed by atoms with Gasteiger partial charge in [-0.1, -0.05) is 24.3 Å². The van der Waals surface area contributed by atoms with E-state index < -0.39 is 17.5 Å². The van der Waals surface area contributed by atoms with E-state index in [1.165, 1.54) is 28.8 Å². The first-order valence-electron chi connectivity index (χ1n) is 9.77. The van der Waals surface area contributed by atoms with Gasteiger partial charge in [-0.3, -0.25) is 9.59 Å². The largest absolute Gasteiger partial charge is 0.460 e. The van der Waals surface area contributed by atoms with Gasteiger partial charge in [-0.25, -0.2) is 8.78 Å². The maximum absolute atomic E-state index is 13.5. The number of hydrogen-bond acceptors (Lipinski definition) is 3. The van der Waals surface area contributed by atoms with Crippen LogP contribution in [0.2, 0.25) is 0 Å². The molecule has 0 saturated heterocycles. The van der Waals surface area contributed by atoms with Crippen molar-refractivity contribution in [2.75, 3.05) is 0 Å². The Morgan fingerprint density at radius 1 is 1.10 bits per heavy atom. The van der Waals surface area contributed by atoms with Gasteiger partial charge in [0.15, 0.2) is 0 Å². The van der Waals surface area contributed by atoms with Crippen LogP contribution >= 0.6 is 0 Å². The van der Waals surface area contributed by atoms with Crippen LogP contribution in [-0.2, 0) is 6.54 Å². The van der Waals surface area contributed by atoms with Crippen LogP contribution < -0.4 is 10.9 Å². The van der Waals surface area contributed by atoms with Gasteiger partial charge in [0.2, 0.25) is 0 Å². The Labute approximate surface area is 176 Å². The van der Waals surface area contributed by atoms with Gasteiger partial charge in [0, 0.05) is 6.20 Å². The van der Waals surface area contributed by atoms with Crippen LogP contribution in [0.3, 0.4) is 0 Å². The predicted octanol–water partition coefficient (Wildman–Crippen LogP) is 4.72. The van der Waals surface area contributed by atoms with Crippen LogP contribution in [0, 0.1) is 18.6 Å². The molecular formula is C24H20F2N2O3. The molecule has 1 atom stereocenters. The van der Waals surface area contributed by atoms with E-state index in [-0.39, 0.29) is 29.1 Å². The molecule has 4 rings (SSSR count). The smallest absolute Gasteiger partial charge is 0.262 e. The summed E-state index contributed by atoms with van der Waals surface area (Å²) in [5, 5.41) is 3.00. The predicted molar refractivity (Wildman–Crippen MR) is 113 cm³/mol. The molecule has 0 aliphatic rings. The van der Waals surface area contributed by atoms with Crippen molar-refractivity contribution in [2.45, 2.75) is 26.4 Å². The summed E-state index contributed by atoms with van der Waals surface area (Å²) in [6.07, 6.45) is 1.56. The van der Waals surface area contributed by atoms with Crippen molar-refractivity contribution >= 4 is 16.9 Å². The van der Waals surface area contributed by atoms with Gasteiger partial charge in [-0.2, -0.15) is 0 Å². The monoisotopic (exact) mass is 422 g/mol. The van der Waals surface area contributed by atoms with E-state index in [9.17, 15) is 18.4 Å². The third-order valence-corrected chi connectivity index (χ3v) is 5.18. The molecule has 2 aromatic heterocycles. The van der Waals surface area contributed by atoms with Gasteiger partial charge in [0.25, 0.3) is 11.5 Å². The highest BCUT2D eigenvalue weighted by Crippen LogP contribution is 2.24. The molecule has 0 aliphatic carbocycles. The molecule has 5 nitrogen and oxygen atoms in total. The number of aromatic nitrogens is 1. The lowest BCUT2D eigenvalue weighted by atomic mass is 10.1. The minimum Gasteiger partial charge on any atom is -0.460 e. The molecule has 2 heterocycles. The molecule has 0 saturated carbocycles. The van der Waals surface area contributed by atoms with Crippen molar-refractivity contribution in [3.63, 3.8) is 0 Å². The first-order valence-corrected chi connectivity index (χ1v) is 9.77. The highest BCUT2D eigenvalue weighted by atomic mass is 19.1. The highest BCUT2D eigenvalue weighted by Gasteiger charge is 2.23. The molecule has 0 aliphatic heterocycles. The summed E-state index contributed by atoms with van der Waals surface area (Å²) in [5.41, 5.74) is 1.40. The minimum atomic E-state index is -0.464. The van der Waals surface area contributed by atoms with Crippen LogP contribution in [0.4, 0.5) is 8.78 Å². The van der Waals surface area contributed by atoms with Gasteiger partial charge >= 0.3 is 0 Å². The molecule has 31 heavy (non-hydrogen) atoms. The quantitative estimate of drug-likeness (QED) is 0.506. The number of furan rings is 1. The van der Waals surface area contributed by atoms with Crippen molar-refractivity contribution in [2.24, 2.45) is 0 Å². The zero-order valence-corrected chi connectivity index (χ0v) is 17.0. The normalized spacial score (nSPS) is 12.1. The number of amides is 1. The van der Waals surface area contributed by atoms with Gasteiger partial charge in [0.05, 0.1) is 23.5 Å². The zero-order valence-electron chi connectivity index (χ0n) is 17.0. The molecule has 0 unspecified atom stereocenters. The van der Waals surface area contributed by atoms with E-state index in [4.69, 9.17) is 4.42 Å². The van der Waals surface area contributed by atoms with E-state index in [1.54, 1.807) is 50.4 Å². The number of aryl methyl sites for hydroxylation is 1. The molecule has 0 spiro atoms. The standard InChI is InChI=1S/C24H20F2N2O3/c1-14(17-6-8-18(25)9-7-17)27-23(29)21-15(2)31-20-10-11-28(24(30)22(20)21)13-16-4-3-5-19(26)12-16/h3-12,14H,13H2,1-2H3,(H,27,29)/t14-/m1/s1. The van der Waals surface area contributed by atoms with Crippen LogP contribution in [0.15, 0.2) is 70.0 Å². The Balaban J connectivity index is 1.68. The number of nitrogens with one attached hydrogen (secondary N) is 1. The van der Waals surface area contributed by atoms with E-state index in [1.807, 2.05) is 0 Å². The molecule has 2 aromatic carbocycles. The Hall–Kier alpha value is -3.74. The number of rotatable bonds is 5. The highest BCUT2D eigenvalue weighted by molar-refractivity contribution is 6.07. The van der Waals surface area contributed by atoms with E-state index >= 15 is 0 Å². The average molecular weight is 422 g/mol. The first-order chi connectivity index (χ1) is 14.8. The number of fused-ring (bicyclic) bond motifs is 1. The van der Waals surface area contributed by atoms with Gasteiger partial charge in [-0.05, 0) is 55.3 Å². The fourth-order valence-corrected chi connectivity index (χ4v) is 3.60. The Kier molecular flexibility index (Phi) is 5.42. The maximum Gasteiger partial charge on any atom is 0.262 e. The van der Waals surface area contributed by atoms with Crippen molar-refractivity contribution < 1.29 is 18.0 Å². The minimum absolute atomic E-state index is 0.155. The van der Waals surface area contributed by atoms with E-state index in [2.05, 4.69) is 5.32 Å². The lowest BCUT2D eigenvalue weighted by molar-refractivity contribution is 0.0939. The van der Waals surface area contributed by atoms with Crippen molar-refractivity contribution in [3.05, 3.63) is 105 Å². The number of nitrogens with zero attached hydrogens (tertiary/aromatic N) is 1. The van der Waals surface area contributed by atoms with Crippen molar-refractivity contribution in [3.8, 4) is 0 Å². The summed E-state index contributed by atoms with van der Waals surface area (Å²) in [5.74, 6) is -0.897. The second kappa shape index (κ2) is 8.18.